The summed E-state index contributed by atoms with van der Waals surface area (Å²) < 4.78 is 0. The fraction of sp³-hybridized carbons (Fsp3) is 0.500. The molecule has 1 aromatic rings. The highest BCUT2D eigenvalue weighted by Crippen LogP contribution is 2.21. The Morgan fingerprint density at radius 3 is 3.06 bits per heavy atom. The molecule has 3 N–H and O–H groups in total. The predicted octanol–water partition coefficient (Wildman–Crippen LogP) is 0.651. The minimum Gasteiger partial charge on any atom is -0.399 e. The maximum absolute atomic E-state index is 12.1. The smallest absolute Gasteiger partial charge is 0.272 e. The number of anilines is 1. The molecule has 0 radical (unpaired) electrons. The van der Waals surface area contributed by atoms with Gasteiger partial charge in [0.05, 0.1) is 5.60 Å². The third kappa shape index (κ3) is 2.74. The van der Waals surface area contributed by atoms with Crippen LogP contribution in [0, 0.1) is 0 Å². The molecule has 0 aliphatic carbocycles. The molecule has 92 valence electrons. The van der Waals surface area contributed by atoms with E-state index in [1.54, 1.807) is 24.0 Å². The van der Waals surface area contributed by atoms with Crippen LogP contribution in [-0.2, 0) is 0 Å². The molecule has 2 rings (SSSR count). The molecule has 5 nitrogen and oxygen atoms in total. The van der Waals surface area contributed by atoms with Gasteiger partial charge in [-0.3, -0.25) is 9.78 Å². The maximum Gasteiger partial charge on any atom is 0.272 e. The molecular weight excluding hydrogens is 218 g/mol. The zero-order valence-electron chi connectivity index (χ0n) is 9.89. The number of amides is 1. The van der Waals surface area contributed by atoms with Crippen molar-refractivity contribution in [2.45, 2.75) is 25.4 Å². The van der Waals surface area contributed by atoms with Gasteiger partial charge in [0.1, 0.15) is 5.69 Å². The summed E-state index contributed by atoms with van der Waals surface area (Å²) in [5.74, 6) is -0.169. The molecule has 0 saturated carbocycles. The Labute approximate surface area is 100 Å². The summed E-state index contributed by atoms with van der Waals surface area (Å²) in [5.41, 5.74) is 5.68. The van der Waals surface area contributed by atoms with Crippen molar-refractivity contribution in [1.29, 1.82) is 0 Å². The lowest BCUT2D eigenvalue weighted by molar-refractivity contribution is -0.0109. The Morgan fingerprint density at radius 2 is 2.41 bits per heavy atom. The fourth-order valence-corrected chi connectivity index (χ4v) is 2.12. The number of carbonyl (C=O) groups excluding carboxylic acids is 1. The lowest BCUT2D eigenvalue weighted by Gasteiger charge is -2.36. The van der Waals surface area contributed by atoms with Gasteiger partial charge in [-0.2, -0.15) is 0 Å². The standard InChI is InChI=1S/C12H17N3O2/c1-12(17)4-2-6-15(8-12)11(16)10-7-9(13)3-5-14-10/h3,5,7,17H,2,4,6,8H2,1H3,(H2,13,14). The van der Waals surface area contributed by atoms with Crippen molar-refractivity contribution >= 4 is 11.6 Å². The molecule has 1 amide bonds. The quantitative estimate of drug-likeness (QED) is 0.749. The number of nitrogens with zero attached hydrogens (tertiary/aromatic N) is 2. The van der Waals surface area contributed by atoms with Crippen LogP contribution >= 0.6 is 0 Å². The zero-order valence-corrected chi connectivity index (χ0v) is 9.89. The van der Waals surface area contributed by atoms with Crippen molar-refractivity contribution in [2.24, 2.45) is 0 Å². The molecule has 0 bridgehead atoms. The van der Waals surface area contributed by atoms with Gasteiger partial charge in [0.2, 0.25) is 0 Å². The summed E-state index contributed by atoms with van der Waals surface area (Å²) in [7, 11) is 0. The number of aromatic nitrogens is 1. The summed E-state index contributed by atoms with van der Waals surface area (Å²) >= 11 is 0. The molecular formula is C12H17N3O2. The molecule has 5 heteroatoms. The first-order valence-corrected chi connectivity index (χ1v) is 5.71. The van der Waals surface area contributed by atoms with Crippen molar-refractivity contribution in [3.63, 3.8) is 0 Å². The molecule has 1 fully saturated rings. The molecule has 1 atom stereocenters. The van der Waals surface area contributed by atoms with Gasteiger partial charge in [-0.15, -0.1) is 0 Å². The number of pyridine rings is 1. The Kier molecular flexibility index (Phi) is 3.02. The van der Waals surface area contributed by atoms with Crippen molar-refractivity contribution in [2.75, 3.05) is 18.8 Å². The van der Waals surface area contributed by atoms with Gasteiger partial charge >= 0.3 is 0 Å². The molecule has 1 aromatic heterocycles. The maximum atomic E-state index is 12.1. The first-order valence-electron chi connectivity index (χ1n) is 5.71. The second kappa shape index (κ2) is 4.33. The Morgan fingerprint density at radius 1 is 1.65 bits per heavy atom. The minimum absolute atomic E-state index is 0.169. The Bertz CT molecular complexity index is 432. The second-order valence-electron chi connectivity index (χ2n) is 4.80. The predicted molar refractivity (Wildman–Crippen MR) is 64.4 cm³/mol. The number of nitrogens with two attached hydrogens (primary N) is 1. The van der Waals surface area contributed by atoms with Gasteiger partial charge in [-0.25, -0.2) is 0 Å². The highest BCUT2D eigenvalue weighted by Gasteiger charge is 2.31. The normalized spacial score (nSPS) is 24.7. The lowest BCUT2D eigenvalue weighted by Crippen LogP contribution is -2.48. The van der Waals surface area contributed by atoms with Crippen LogP contribution in [0.15, 0.2) is 18.3 Å². The van der Waals surface area contributed by atoms with Crippen molar-refractivity contribution in [3.8, 4) is 0 Å². The van der Waals surface area contributed by atoms with Gasteiger partial charge in [0.25, 0.3) is 5.91 Å². The molecule has 1 aliphatic heterocycles. The SMILES string of the molecule is CC1(O)CCCN(C(=O)c2cc(N)ccn2)C1. The van der Waals surface area contributed by atoms with E-state index in [2.05, 4.69) is 4.98 Å². The van der Waals surface area contributed by atoms with Crippen molar-refractivity contribution < 1.29 is 9.90 Å². The highest BCUT2D eigenvalue weighted by atomic mass is 16.3. The topological polar surface area (TPSA) is 79.5 Å². The molecule has 2 heterocycles. The van der Waals surface area contributed by atoms with Crippen LogP contribution < -0.4 is 5.73 Å². The number of aliphatic hydroxyl groups is 1. The lowest BCUT2D eigenvalue weighted by atomic mass is 9.95. The van der Waals surface area contributed by atoms with E-state index in [1.807, 2.05) is 0 Å². The van der Waals surface area contributed by atoms with Gasteiger partial charge in [0.15, 0.2) is 0 Å². The van der Waals surface area contributed by atoms with Crippen LogP contribution in [0.4, 0.5) is 5.69 Å². The van der Waals surface area contributed by atoms with Crippen LogP contribution in [-0.4, -0.2) is 39.6 Å². The van der Waals surface area contributed by atoms with E-state index < -0.39 is 5.60 Å². The summed E-state index contributed by atoms with van der Waals surface area (Å²) in [6.07, 6.45) is 3.05. The summed E-state index contributed by atoms with van der Waals surface area (Å²) in [6, 6.07) is 3.20. The molecule has 0 spiro atoms. The van der Waals surface area contributed by atoms with Crippen LogP contribution in [0.3, 0.4) is 0 Å². The average molecular weight is 235 g/mol. The molecule has 1 unspecified atom stereocenters. The van der Waals surface area contributed by atoms with E-state index in [0.29, 0.717) is 24.5 Å². The van der Waals surface area contributed by atoms with E-state index in [-0.39, 0.29) is 5.91 Å². The number of nitrogen functional groups attached to an aromatic ring is 1. The number of rotatable bonds is 1. The van der Waals surface area contributed by atoms with Crippen LogP contribution in [0.1, 0.15) is 30.3 Å². The number of likely N-dealkylation sites (tertiary alicyclic amines) is 1. The molecule has 1 saturated heterocycles. The average Bonchev–Trinajstić information content (AvgIpc) is 2.26. The number of hydrogen-bond donors (Lipinski definition) is 2. The molecule has 0 aromatic carbocycles. The number of β-amino-alcohol motifs (C(OH)–C–C–N with tert-alkyl or cyclic N) is 1. The van der Waals surface area contributed by atoms with Gasteiger partial charge in [-0.05, 0) is 31.9 Å². The summed E-state index contributed by atoms with van der Waals surface area (Å²) in [5, 5.41) is 9.96. The van der Waals surface area contributed by atoms with Gasteiger partial charge in [-0.1, -0.05) is 0 Å². The van der Waals surface area contributed by atoms with E-state index in [0.717, 1.165) is 12.8 Å². The van der Waals surface area contributed by atoms with Gasteiger partial charge in [0, 0.05) is 25.0 Å². The first kappa shape index (κ1) is 11.9. The van der Waals surface area contributed by atoms with Crippen molar-refractivity contribution in [3.05, 3.63) is 24.0 Å². The first-order chi connectivity index (χ1) is 7.98. The Hall–Kier alpha value is -1.62. The third-order valence-corrected chi connectivity index (χ3v) is 2.97. The van der Waals surface area contributed by atoms with Crippen LogP contribution in [0.25, 0.3) is 0 Å². The van der Waals surface area contributed by atoms with E-state index in [4.69, 9.17) is 5.73 Å². The Balaban J connectivity index is 2.15. The van der Waals surface area contributed by atoms with Gasteiger partial charge < -0.3 is 15.7 Å². The monoisotopic (exact) mass is 235 g/mol. The minimum atomic E-state index is -0.797. The van der Waals surface area contributed by atoms with Crippen LogP contribution in [0.2, 0.25) is 0 Å². The summed E-state index contributed by atoms with van der Waals surface area (Å²) in [6.45, 7) is 2.76. The highest BCUT2D eigenvalue weighted by molar-refractivity contribution is 5.93. The fourth-order valence-electron chi connectivity index (χ4n) is 2.12. The largest absolute Gasteiger partial charge is 0.399 e. The zero-order chi connectivity index (χ0) is 12.5. The van der Waals surface area contributed by atoms with Crippen molar-refractivity contribution in [1.82, 2.24) is 9.88 Å². The number of carbonyl (C=O) groups is 1. The van der Waals surface area contributed by atoms with E-state index in [1.165, 1.54) is 6.20 Å². The number of hydrogen-bond acceptors (Lipinski definition) is 4. The molecule has 1 aliphatic rings. The van der Waals surface area contributed by atoms with Crippen LogP contribution in [0.5, 0.6) is 0 Å². The summed E-state index contributed by atoms with van der Waals surface area (Å²) in [4.78, 5) is 17.8. The molecule has 17 heavy (non-hydrogen) atoms. The van der Waals surface area contributed by atoms with E-state index >= 15 is 0 Å². The second-order valence-corrected chi connectivity index (χ2v) is 4.80. The number of piperidine rings is 1. The third-order valence-electron chi connectivity index (χ3n) is 2.97. The van der Waals surface area contributed by atoms with E-state index in [9.17, 15) is 9.90 Å².